The molecule has 0 spiro atoms. The van der Waals surface area contributed by atoms with Crippen molar-refractivity contribution in [3.63, 3.8) is 0 Å². The molecule has 1 saturated heterocycles. The van der Waals surface area contributed by atoms with E-state index in [-0.39, 0.29) is 29.2 Å². The van der Waals surface area contributed by atoms with Crippen molar-refractivity contribution in [3.8, 4) is 5.69 Å². The summed E-state index contributed by atoms with van der Waals surface area (Å²) in [5, 5.41) is 10.3. The van der Waals surface area contributed by atoms with E-state index in [4.69, 9.17) is 0 Å². The first-order chi connectivity index (χ1) is 16.0. The van der Waals surface area contributed by atoms with Crippen LogP contribution in [0.15, 0.2) is 42.9 Å². The molecule has 180 valence electrons. The molecule has 0 radical (unpaired) electrons. The summed E-state index contributed by atoms with van der Waals surface area (Å²) in [6.45, 7) is 0.686. The van der Waals surface area contributed by atoms with Crippen LogP contribution in [0.4, 0.5) is 32.2 Å². The number of anilines is 1. The summed E-state index contributed by atoms with van der Waals surface area (Å²) in [5.74, 6) is -4.97. The second-order valence-electron chi connectivity index (χ2n) is 7.75. The molecule has 1 aliphatic heterocycles. The van der Waals surface area contributed by atoms with Gasteiger partial charge in [-0.2, -0.15) is 23.4 Å². The Kier molecular flexibility index (Phi) is 5.96. The fraction of sp³-hybridized carbons (Fsp3) is 0.333. The second kappa shape index (κ2) is 8.61. The van der Waals surface area contributed by atoms with Gasteiger partial charge in [-0.25, -0.2) is 18.2 Å². The molecule has 1 aromatic carbocycles. The zero-order chi connectivity index (χ0) is 24.7. The normalized spacial score (nSPS) is 17.7. The number of aryl methyl sites for hydroxylation is 1. The van der Waals surface area contributed by atoms with Crippen LogP contribution in [0.25, 0.3) is 5.69 Å². The minimum absolute atomic E-state index is 0.0640. The maximum absolute atomic E-state index is 14.9. The molecule has 2 aromatic heterocycles. The standard InChI is InChI=1S/C21H18F6N6O/c1-12-2-4-14(18(17(12)22)33-30-7-8-31-33)19(34)32-9-6-20(23,24)15(32)11-29-16-5-3-13(10-28-16)21(25,26)27/h2-5,7-8,10,15H,6,9,11H2,1H3,(H,28,29)/t15-/m1/s1. The van der Waals surface area contributed by atoms with E-state index >= 15 is 0 Å². The summed E-state index contributed by atoms with van der Waals surface area (Å²) in [6.07, 6.45) is -2.07. The molecule has 13 heteroatoms. The highest BCUT2D eigenvalue weighted by atomic mass is 19.4. The Bertz CT molecular complexity index is 1180. The molecule has 3 heterocycles. The molecular weight excluding hydrogens is 466 g/mol. The van der Waals surface area contributed by atoms with Crippen molar-refractivity contribution in [2.75, 3.05) is 18.4 Å². The fourth-order valence-electron chi connectivity index (χ4n) is 3.71. The molecule has 0 unspecified atom stereocenters. The van der Waals surface area contributed by atoms with Gasteiger partial charge >= 0.3 is 6.18 Å². The molecule has 7 nitrogen and oxygen atoms in total. The number of nitrogens with one attached hydrogen (secondary N) is 1. The third-order valence-corrected chi connectivity index (χ3v) is 5.54. The molecule has 1 fully saturated rings. The number of aromatic nitrogens is 4. The van der Waals surface area contributed by atoms with E-state index in [1.165, 1.54) is 31.5 Å². The van der Waals surface area contributed by atoms with Crippen molar-refractivity contribution in [2.45, 2.75) is 31.5 Å². The fourth-order valence-corrected chi connectivity index (χ4v) is 3.71. The number of carbonyl (C=O) groups is 1. The largest absolute Gasteiger partial charge is 0.417 e. The van der Waals surface area contributed by atoms with Gasteiger partial charge in [0, 0.05) is 25.7 Å². The van der Waals surface area contributed by atoms with Crippen molar-refractivity contribution in [1.82, 2.24) is 24.9 Å². The number of hydrogen-bond acceptors (Lipinski definition) is 5. The van der Waals surface area contributed by atoms with Gasteiger partial charge in [-0.15, -0.1) is 4.80 Å². The summed E-state index contributed by atoms with van der Waals surface area (Å²) < 4.78 is 82.3. The number of carbonyl (C=O) groups excluding carboxylic acids is 1. The maximum Gasteiger partial charge on any atom is 0.417 e. The minimum Gasteiger partial charge on any atom is -0.368 e. The first kappa shape index (κ1) is 23.5. The van der Waals surface area contributed by atoms with Gasteiger partial charge in [0.05, 0.1) is 23.5 Å². The van der Waals surface area contributed by atoms with E-state index in [0.29, 0.717) is 6.20 Å². The molecular formula is C21H18F6N6O. The van der Waals surface area contributed by atoms with Crippen molar-refractivity contribution in [3.05, 3.63) is 65.4 Å². The zero-order valence-corrected chi connectivity index (χ0v) is 17.7. The summed E-state index contributed by atoms with van der Waals surface area (Å²) in [4.78, 5) is 18.7. The van der Waals surface area contributed by atoms with Crippen LogP contribution in [0.3, 0.4) is 0 Å². The number of nitrogens with zero attached hydrogens (tertiary/aromatic N) is 5. The van der Waals surface area contributed by atoms with Crippen LogP contribution in [-0.2, 0) is 6.18 Å². The van der Waals surface area contributed by atoms with E-state index in [0.717, 1.165) is 21.8 Å². The molecule has 1 N–H and O–H groups in total. The maximum atomic E-state index is 14.9. The van der Waals surface area contributed by atoms with E-state index in [1.807, 2.05) is 0 Å². The Morgan fingerprint density at radius 1 is 1.18 bits per heavy atom. The summed E-state index contributed by atoms with van der Waals surface area (Å²) >= 11 is 0. The minimum atomic E-state index is -4.59. The summed E-state index contributed by atoms with van der Waals surface area (Å²) in [6, 6.07) is 2.80. The lowest BCUT2D eigenvalue weighted by molar-refractivity contribution is -0.137. The van der Waals surface area contributed by atoms with Crippen LogP contribution in [0, 0.1) is 12.7 Å². The van der Waals surface area contributed by atoms with Crippen LogP contribution in [-0.4, -0.2) is 55.8 Å². The van der Waals surface area contributed by atoms with E-state index in [2.05, 4.69) is 20.5 Å². The zero-order valence-electron chi connectivity index (χ0n) is 17.7. The lowest BCUT2D eigenvalue weighted by atomic mass is 10.1. The number of hydrogen-bond donors (Lipinski definition) is 1. The smallest absolute Gasteiger partial charge is 0.368 e. The van der Waals surface area contributed by atoms with Gasteiger partial charge in [0.1, 0.15) is 17.5 Å². The first-order valence-electron chi connectivity index (χ1n) is 10.1. The van der Waals surface area contributed by atoms with Crippen molar-refractivity contribution < 1.29 is 31.1 Å². The number of alkyl halides is 5. The SMILES string of the molecule is Cc1ccc(C(=O)N2CCC(F)(F)[C@H]2CNc2ccc(C(F)(F)F)cn2)c(-n2nccn2)c1F. The van der Waals surface area contributed by atoms with Gasteiger partial charge < -0.3 is 10.2 Å². The van der Waals surface area contributed by atoms with Crippen LogP contribution in [0.1, 0.15) is 27.9 Å². The highest BCUT2D eigenvalue weighted by Gasteiger charge is 2.51. The molecule has 4 rings (SSSR count). The molecule has 1 aliphatic rings. The van der Waals surface area contributed by atoms with Gasteiger partial charge in [-0.05, 0) is 30.7 Å². The quantitative estimate of drug-likeness (QED) is 0.553. The van der Waals surface area contributed by atoms with E-state index in [1.54, 1.807) is 0 Å². The molecule has 1 atom stereocenters. The Balaban J connectivity index is 1.59. The Morgan fingerprint density at radius 2 is 1.88 bits per heavy atom. The number of rotatable bonds is 5. The van der Waals surface area contributed by atoms with E-state index < -0.39 is 48.4 Å². The monoisotopic (exact) mass is 484 g/mol. The average molecular weight is 484 g/mol. The van der Waals surface area contributed by atoms with Crippen molar-refractivity contribution >= 4 is 11.7 Å². The van der Waals surface area contributed by atoms with Crippen LogP contribution >= 0.6 is 0 Å². The molecule has 34 heavy (non-hydrogen) atoms. The number of benzene rings is 1. The Labute approximate surface area is 189 Å². The molecule has 0 bridgehead atoms. The van der Waals surface area contributed by atoms with Gasteiger partial charge in [-0.3, -0.25) is 4.79 Å². The molecule has 3 aromatic rings. The van der Waals surface area contributed by atoms with Crippen LogP contribution < -0.4 is 5.32 Å². The molecule has 0 aliphatic carbocycles. The lowest BCUT2D eigenvalue weighted by Gasteiger charge is -2.28. The van der Waals surface area contributed by atoms with Crippen LogP contribution in [0.2, 0.25) is 0 Å². The number of amides is 1. The lowest BCUT2D eigenvalue weighted by Crippen LogP contribution is -2.47. The van der Waals surface area contributed by atoms with Gasteiger partial charge in [0.15, 0.2) is 5.82 Å². The van der Waals surface area contributed by atoms with Crippen molar-refractivity contribution in [2.24, 2.45) is 0 Å². The predicted molar refractivity (Wildman–Crippen MR) is 108 cm³/mol. The van der Waals surface area contributed by atoms with E-state index in [9.17, 15) is 31.1 Å². The summed E-state index contributed by atoms with van der Waals surface area (Å²) in [7, 11) is 0. The second-order valence-corrected chi connectivity index (χ2v) is 7.75. The third kappa shape index (κ3) is 4.41. The highest BCUT2D eigenvalue weighted by Crippen LogP contribution is 2.36. The number of halogens is 6. The van der Waals surface area contributed by atoms with Gasteiger partial charge in [0.25, 0.3) is 11.8 Å². The molecule has 1 amide bonds. The van der Waals surface area contributed by atoms with Gasteiger partial charge in [0.2, 0.25) is 0 Å². The van der Waals surface area contributed by atoms with Crippen molar-refractivity contribution in [1.29, 1.82) is 0 Å². The third-order valence-electron chi connectivity index (χ3n) is 5.54. The Morgan fingerprint density at radius 3 is 2.50 bits per heavy atom. The predicted octanol–water partition coefficient (Wildman–Crippen LogP) is 4.09. The average Bonchev–Trinajstić information content (AvgIpc) is 3.41. The van der Waals surface area contributed by atoms with Crippen LogP contribution in [0.5, 0.6) is 0 Å². The molecule has 0 saturated carbocycles. The summed E-state index contributed by atoms with van der Waals surface area (Å²) in [5.41, 5.74) is -1.24. The topological polar surface area (TPSA) is 75.9 Å². The van der Waals surface area contributed by atoms with Gasteiger partial charge in [-0.1, -0.05) is 6.07 Å². The first-order valence-corrected chi connectivity index (χ1v) is 10.1. The number of pyridine rings is 1. The Hall–Kier alpha value is -3.64. The highest BCUT2D eigenvalue weighted by molar-refractivity contribution is 5.98. The number of likely N-dealkylation sites (tertiary alicyclic amines) is 1.